The van der Waals surface area contributed by atoms with Gasteiger partial charge in [0.2, 0.25) is 0 Å². The normalized spacial score (nSPS) is 17.3. The molecule has 1 aliphatic heterocycles. The summed E-state index contributed by atoms with van der Waals surface area (Å²) in [5, 5.41) is 9.74. The Morgan fingerprint density at radius 1 is 1.28 bits per heavy atom. The van der Waals surface area contributed by atoms with Crippen molar-refractivity contribution in [2.45, 2.75) is 46.1 Å². The molecule has 0 aliphatic carbocycles. The number of phenolic OH excluding ortho intramolecular Hbond substituents is 1. The van der Waals surface area contributed by atoms with E-state index in [4.69, 9.17) is 0 Å². The summed E-state index contributed by atoms with van der Waals surface area (Å²) in [5.41, 5.74) is 3.71. The predicted molar refractivity (Wildman–Crippen MR) is 78.1 cm³/mol. The van der Waals surface area contributed by atoms with E-state index in [2.05, 4.69) is 38.7 Å². The molecule has 1 heterocycles. The van der Waals surface area contributed by atoms with Crippen LogP contribution in [0.4, 0.5) is 5.69 Å². The number of hydrogen-bond donors (Lipinski definition) is 1. The van der Waals surface area contributed by atoms with E-state index in [1.165, 1.54) is 24.0 Å². The van der Waals surface area contributed by atoms with Gasteiger partial charge in [0.1, 0.15) is 5.75 Å². The number of rotatable bonds is 3. The van der Waals surface area contributed by atoms with Crippen molar-refractivity contribution in [1.29, 1.82) is 0 Å². The molecule has 18 heavy (non-hydrogen) atoms. The Labute approximate surface area is 110 Å². The van der Waals surface area contributed by atoms with Crippen molar-refractivity contribution in [3.8, 4) is 5.75 Å². The zero-order valence-electron chi connectivity index (χ0n) is 11.8. The lowest BCUT2D eigenvalue weighted by molar-refractivity contribution is 0.473. The fourth-order valence-corrected chi connectivity index (χ4v) is 2.80. The number of anilines is 1. The molecule has 1 N–H and O–H groups in total. The molecule has 0 amide bonds. The van der Waals surface area contributed by atoms with Crippen LogP contribution in [0.3, 0.4) is 0 Å². The van der Waals surface area contributed by atoms with Gasteiger partial charge in [0.05, 0.1) is 5.54 Å². The Bertz CT molecular complexity index is 474. The van der Waals surface area contributed by atoms with Crippen molar-refractivity contribution in [2.75, 3.05) is 11.4 Å². The number of aromatic hydroxyl groups is 1. The SMILES string of the molecule is CCCCN1c2cc(O)ccc2C(C)=CC1(C)C. The second-order valence-electron chi connectivity index (χ2n) is 5.69. The van der Waals surface area contributed by atoms with Crippen LogP contribution in [0.5, 0.6) is 5.75 Å². The van der Waals surface area contributed by atoms with Gasteiger partial charge in [0, 0.05) is 23.9 Å². The summed E-state index contributed by atoms with van der Waals surface area (Å²) in [6.45, 7) is 9.86. The summed E-state index contributed by atoms with van der Waals surface area (Å²) >= 11 is 0. The standard InChI is InChI=1S/C16H23NO/c1-5-6-9-17-15-10-13(18)7-8-14(15)12(2)11-16(17,3)4/h7-8,10-11,18H,5-6,9H2,1-4H3. The summed E-state index contributed by atoms with van der Waals surface area (Å²) in [5.74, 6) is 0.348. The minimum atomic E-state index is 0.0139. The molecule has 0 fully saturated rings. The number of unbranched alkanes of at least 4 members (excludes halogenated alkanes) is 1. The average molecular weight is 245 g/mol. The molecule has 0 radical (unpaired) electrons. The number of hydrogen-bond acceptors (Lipinski definition) is 2. The van der Waals surface area contributed by atoms with Gasteiger partial charge in [-0.25, -0.2) is 0 Å². The van der Waals surface area contributed by atoms with Crippen LogP contribution in [-0.2, 0) is 0 Å². The third kappa shape index (κ3) is 2.24. The van der Waals surface area contributed by atoms with Crippen LogP contribution in [0.15, 0.2) is 24.3 Å². The molecule has 0 saturated carbocycles. The van der Waals surface area contributed by atoms with Gasteiger partial charge < -0.3 is 10.0 Å². The summed E-state index contributed by atoms with van der Waals surface area (Å²) in [7, 11) is 0. The highest BCUT2D eigenvalue weighted by Gasteiger charge is 2.30. The van der Waals surface area contributed by atoms with Crippen molar-refractivity contribution >= 4 is 11.3 Å². The summed E-state index contributed by atoms with van der Waals surface area (Å²) < 4.78 is 0. The van der Waals surface area contributed by atoms with E-state index >= 15 is 0 Å². The fraction of sp³-hybridized carbons (Fsp3) is 0.500. The van der Waals surface area contributed by atoms with Crippen molar-refractivity contribution in [1.82, 2.24) is 0 Å². The zero-order valence-corrected chi connectivity index (χ0v) is 11.8. The molecule has 2 nitrogen and oxygen atoms in total. The number of allylic oxidation sites excluding steroid dienone is 1. The highest BCUT2D eigenvalue weighted by atomic mass is 16.3. The van der Waals surface area contributed by atoms with Gasteiger partial charge in [-0.2, -0.15) is 0 Å². The Hall–Kier alpha value is -1.44. The molecule has 0 spiro atoms. The van der Waals surface area contributed by atoms with Crippen LogP contribution < -0.4 is 4.90 Å². The van der Waals surface area contributed by atoms with Gasteiger partial charge >= 0.3 is 0 Å². The minimum absolute atomic E-state index is 0.0139. The fourth-order valence-electron chi connectivity index (χ4n) is 2.80. The molecule has 1 aliphatic rings. The first kappa shape index (κ1) is 13.0. The molecular formula is C16H23NO. The predicted octanol–water partition coefficient (Wildman–Crippen LogP) is 4.19. The third-order valence-corrected chi connectivity index (χ3v) is 3.70. The molecular weight excluding hydrogens is 222 g/mol. The summed E-state index contributed by atoms with van der Waals surface area (Å²) in [6, 6.07) is 5.68. The van der Waals surface area contributed by atoms with Gasteiger partial charge in [0.25, 0.3) is 0 Å². The lowest BCUT2D eigenvalue weighted by atomic mass is 9.88. The minimum Gasteiger partial charge on any atom is -0.508 e. The molecule has 0 aromatic heterocycles. The van der Waals surface area contributed by atoms with Gasteiger partial charge in [-0.15, -0.1) is 0 Å². The maximum Gasteiger partial charge on any atom is 0.117 e. The molecule has 0 atom stereocenters. The van der Waals surface area contributed by atoms with Gasteiger partial charge in [-0.1, -0.05) is 19.4 Å². The van der Waals surface area contributed by atoms with Crippen LogP contribution in [-0.4, -0.2) is 17.2 Å². The zero-order chi connectivity index (χ0) is 13.3. The largest absolute Gasteiger partial charge is 0.508 e. The smallest absolute Gasteiger partial charge is 0.117 e. The second-order valence-corrected chi connectivity index (χ2v) is 5.69. The van der Waals surface area contributed by atoms with E-state index in [0.29, 0.717) is 5.75 Å². The molecule has 1 aromatic rings. The maximum atomic E-state index is 9.74. The van der Waals surface area contributed by atoms with Crippen molar-refractivity contribution < 1.29 is 5.11 Å². The van der Waals surface area contributed by atoms with E-state index < -0.39 is 0 Å². The maximum absolute atomic E-state index is 9.74. The first-order valence-electron chi connectivity index (χ1n) is 6.76. The number of phenols is 1. The van der Waals surface area contributed by atoms with E-state index in [1.54, 1.807) is 6.07 Å². The molecule has 0 saturated heterocycles. The van der Waals surface area contributed by atoms with Gasteiger partial charge in [-0.05, 0) is 44.9 Å². The topological polar surface area (TPSA) is 23.5 Å². The highest BCUT2D eigenvalue weighted by Crippen LogP contribution is 2.40. The molecule has 1 aromatic carbocycles. The Morgan fingerprint density at radius 2 is 2.00 bits per heavy atom. The summed E-state index contributed by atoms with van der Waals surface area (Å²) in [4.78, 5) is 2.40. The molecule has 98 valence electrons. The Balaban J connectivity index is 2.48. The second kappa shape index (κ2) is 4.68. The van der Waals surface area contributed by atoms with Crippen LogP contribution in [0.25, 0.3) is 5.57 Å². The quantitative estimate of drug-likeness (QED) is 0.863. The van der Waals surface area contributed by atoms with E-state index in [0.717, 1.165) is 12.2 Å². The average Bonchev–Trinajstić information content (AvgIpc) is 2.27. The van der Waals surface area contributed by atoms with Gasteiger partial charge in [-0.3, -0.25) is 0 Å². The van der Waals surface area contributed by atoms with Gasteiger partial charge in [0.15, 0.2) is 0 Å². The number of fused-ring (bicyclic) bond motifs is 1. The molecule has 0 bridgehead atoms. The van der Waals surface area contributed by atoms with Crippen LogP contribution in [0.1, 0.15) is 46.1 Å². The van der Waals surface area contributed by atoms with Crippen molar-refractivity contribution in [3.05, 3.63) is 29.8 Å². The van der Waals surface area contributed by atoms with E-state index in [-0.39, 0.29) is 5.54 Å². The molecule has 2 rings (SSSR count). The lowest BCUT2D eigenvalue weighted by Crippen LogP contribution is -2.45. The van der Waals surface area contributed by atoms with E-state index in [1.807, 2.05) is 12.1 Å². The first-order chi connectivity index (χ1) is 8.45. The lowest BCUT2D eigenvalue weighted by Gasteiger charge is -2.43. The monoisotopic (exact) mass is 245 g/mol. The highest BCUT2D eigenvalue weighted by molar-refractivity contribution is 5.81. The van der Waals surface area contributed by atoms with E-state index in [9.17, 15) is 5.11 Å². The van der Waals surface area contributed by atoms with Crippen molar-refractivity contribution in [3.63, 3.8) is 0 Å². The van der Waals surface area contributed by atoms with Crippen LogP contribution >= 0.6 is 0 Å². The summed E-state index contributed by atoms with van der Waals surface area (Å²) in [6.07, 6.45) is 4.68. The van der Waals surface area contributed by atoms with Crippen LogP contribution in [0.2, 0.25) is 0 Å². The first-order valence-corrected chi connectivity index (χ1v) is 6.76. The number of nitrogens with zero attached hydrogens (tertiary/aromatic N) is 1. The number of benzene rings is 1. The van der Waals surface area contributed by atoms with Crippen molar-refractivity contribution in [2.24, 2.45) is 0 Å². The molecule has 2 heteroatoms. The third-order valence-electron chi connectivity index (χ3n) is 3.70. The Morgan fingerprint density at radius 3 is 2.67 bits per heavy atom. The molecule has 0 unspecified atom stereocenters. The van der Waals surface area contributed by atoms with Crippen LogP contribution in [0, 0.1) is 0 Å². The Kier molecular flexibility index (Phi) is 3.38.